The van der Waals surface area contributed by atoms with E-state index >= 15 is 0 Å². The molecule has 8 nitrogen and oxygen atoms in total. The minimum absolute atomic E-state index is 0.0199. The predicted molar refractivity (Wildman–Crippen MR) is 99.4 cm³/mol. The molecule has 0 amide bonds. The number of aromatic hydroxyl groups is 1. The van der Waals surface area contributed by atoms with Gasteiger partial charge < -0.3 is 19.3 Å². The Labute approximate surface area is 168 Å². The number of ketones is 1. The van der Waals surface area contributed by atoms with Crippen LogP contribution in [0.2, 0.25) is 0 Å². The number of nitrogens with zero attached hydrogens (tertiary/aromatic N) is 1. The van der Waals surface area contributed by atoms with Gasteiger partial charge in [0, 0.05) is 31.5 Å². The number of carbonyl (C=O) groups is 2. The summed E-state index contributed by atoms with van der Waals surface area (Å²) in [5, 5.41) is 12.4. The SMILES string of the molecule is COC(=O)OC(C)ON1CC[C@]23c4c5ccc(O)c4O[C@@]2(C)C(=O)CC[C@H]3C1C5. The molecule has 2 unspecified atom stereocenters. The van der Waals surface area contributed by atoms with Crippen LogP contribution in [0.15, 0.2) is 12.1 Å². The molecule has 29 heavy (non-hydrogen) atoms. The molecule has 1 spiro atoms. The van der Waals surface area contributed by atoms with Crippen LogP contribution in [0, 0.1) is 5.92 Å². The fourth-order valence-electron chi connectivity index (χ4n) is 6.24. The Kier molecular flexibility index (Phi) is 3.93. The highest BCUT2D eigenvalue weighted by Crippen LogP contribution is 2.66. The minimum atomic E-state index is -0.981. The van der Waals surface area contributed by atoms with E-state index in [-0.39, 0.29) is 23.5 Å². The second-order valence-electron chi connectivity index (χ2n) is 8.53. The number of methoxy groups -OCH3 is 1. The summed E-state index contributed by atoms with van der Waals surface area (Å²) in [5.74, 6) is 0.797. The molecule has 5 rings (SSSR count). The molecule has 156 valence electrons. The standard InChI is InChI=1S/C21H25NO7/c1-11(27-19(25)26-3)29-22-9-8-21-13-5-7-16(24)20(21,2)28-18-15(23)6-4-12(17(18)21)10-14(13)22/h4,6,11,13-14,23H,5,7-10H2,1-3H3/t11?,13-,14?,20-,21-/m0/s1. The molecule has 1 aromatic rings. The third-order valence-electron chi connectivity index (χ3n) is 7.38. The van der Waals surface area contributed by atoms with E-state index in [1.165, 1.54) is 7.11 Å². The molecule has 2 aliphatic carbocycles. The molecule has 2 heterocycles. The van der Waals surface area contributed by atoms with Crippen LogP contribution in [-0.4, -0.2) is 53.7 Å². The number of hydroxylamine groups is 2. The topological polar surface area (TPSA) is 94.5 Å². The lowest BCUT2D eigenvalue weighted by Crippen LogP contribution is -2.70. The van der Waals surface area contributed by atoms with E-state index in [0.29, 0.717) is 31.6 Å². The van der Waals surface area contributed by atoms with Crippen molar-refractivity contribution in [3.8, 4) is 11.5 Å². The van der Waals surface area contributed by atoms with Crippen molar-refractivity contribution >= 4 is 11.9 Å². The molecule has 1 saturated heterocycles. The summed E-state index contributed by atoms with van der Waals surface area (Å²) >= 11 is 0. The van der Waals surface area contributed by atoms with Crippen LogP contribution in [0.4, 0.5) is 4.79 Å². The predicted octanol–water partition coefficient (Wildman–Crippen LogP) is 2.45. The van der Waals surface area contributed by atoms with Gasteiger partial charge in [-0.2, -0.15) is 5.06 Å². The van der Waals surface area contributed by atoms with E-state index in [4.69, 9.17) is 14.3 Å². The molecule has 2 bridgehead atoms. The van der Waals surface area contributed by atoms with Crippen LogP contribution >= 0.6 is 0 Å². The van der Waals surface area contributed by atoms with Crippen molar-refractivity contribution in [1.29, 1.82) is 0 Å². The van der Waals surface area contributed by atoms with E-state index in [1.54, 1.807) is 13.0 Å². The van der Waals surface area contributed by atoms with Gasteiger partial charge in [-0.1, -0.05) is 6.07 Å². The second-order valence-corrected chi connectivity index (χ2v) is 8.53. The van der Waals surface area contributed by atoms with E-state index < -0.39 is 23.5 Å². The minimum Gasteiger partial charge on any atom is -0.504 e. The number of carbonyl (C=O) groups excluding carboxylic acids is 2. The molecule has 2 aliphatic heterocycles. The summed E-state index contributed by atoms with van der Waals surface area (Å²) in [5.41, 5.74) is 0.631. The Balaban J connectivity index is 1.55. The van der Waals surface area contributed by atoms with Gasteiger partial charge in [-0.3, -0.25) is 9.63 Å². The lowest BCUT2D eigenvalue weighted by atomic mass is 9.48. The van der Waals surface area contributed by atoms with Gasteiger partial charge in [-0.15, -0.1) is 0 Å². The monoisotopic (exact) mass is 403 g/mol. The molecular formula is C21H25NO7. The van der Waals surface area contributed by atoms with Crippen LogP contribution < -0.4 is 4.74 Å². The van der Waals surface area contributed by atoms with Gasteiger partial charge >= 0.3 is 6.16 Å². The molecule has 0 aromatic heterocycles. The smallest absolute Gasteiger partial charge is 0.504 e. The van der Waals surface area contributed by atoms with Crippen LogP contribution in [0.1, 0.15) is 44.2 Å². The maximum absolute atomic E-state index is 13.0. The fourth-order valence-corrected chi connectivity index (χ4v) is 6.24. The summed E-state index contributed by atoms with van der Waals surface area (Å²) in [6.45, 7) is 4.10. The molecule has 1 N–H and O–H groups in total. The largest absolute Gasteiger partial charge is 0.510 e. The zero-order valence-corrected chi connectivity index (χ0v) is 16.8. The quantitative estimate of drug-likeness (QED) is 0.608. The Morgan fingerprint density at radius 1 is 1.41 bits per heavy atom. The van der Waals surface area contributed by atoms with Crippen molar-refractivity contribution < 1.29 is 33.7 Å². The van der Waals surface area contributed by atoms with Crippen molar-refractivity contribution in [2.24, 2.45) is 5.92 Å². The summed E-state index contributed by atoms with van der Waals surface area (Å²) in [4.78, 5) is 30.4. The Hall–Kier alpha value is -2.32. The van der Waals surface area contributed by atoms with Gasteiger partial charge in [-0.05, 0) is 43.7 Å². The highest BCUT2D eigenvalue weighted by atomic mass is 16.8. The maximum Gasteiger partial charge on any atom is 0.510 e. The number of phenolic OH excluding ortho intramolecular Hbond substituents is 1. The van der Waals surface area contributed by atoms with Crippen molar-refractivity contribution in [2.75, 3.05) is 13.7 Å². The summed E-state index contributed by atoms with van der Waals surface area (Å²) < 4.78 is 15.9. The zero-order valence-electron chi connectivity index (χ0n) is 16.8. The van der Waals surface area contributed by atoms with Crippen molar-refractivity contribution in [3.05, 3.63) is 23.3 Å². The molecule has 4 aliphatic rings. The summed E-state index contributed by atoms with van der Waals surface area (Å²) in [6, 6.07) is 3.58. The number of ether oxygens (including phenoxy) is 3. The third-order valence-corrected chi connectivity index (χ3v) is 7.38. The number of Topliss-reactive ketones (excluding diaryl/α,β-unsaturated/α-hetero) is 1. The Bertz CT molecular complexity index is 901. The van der Waals surface area contributed by atoms with Gasteiger partial charge in [0.15, 0.2) is 22.9 Å². The average molecular weight is 403 g/mol. The number of hydrogen-bond acceptors (Lipinski definition) is 8. The highest BCUT2D eigenvalue weighted by molar-refractivity contribution is 5.93. The average Bonchev–Trinajstić information content (AvgIpc) is 2.97. The molecule has 0 radical (unpaired) electrons. The normalized spacial score (nSPS) is 35.5. The van der Waals surface area contributed by atoms with Gasteiger partial charge in [0.2, 0.25) is 6.29 Å². The van der Waals surface area contributed by atoms with E-state index in [2.05, 4.69) is 4.74 Å². The molecule has 1 saturated carbocycles. The highest BCUT2D eigenvalue weighted by Gasteiger charge is 2.72. The second kappa shape index (κ2) is 6.09. The lowest BCUT2D eigenvalue weighted by Gasteiger charge is -2.60. The van der Waals surface area contributed by atoms with Gasteiger partial charge in [0.05, 0.1) is 12.5 Å². The molecule has 1 aromatic carbocycles. The Morgan fingerprint density at radius 2 is 2.21 bits per heavy atom. The van der Waals surface area contributed by atoms with Crippen molar-refractivity contribution in [2.45, 2.75) is 62.9 Å². The van der Waals surface area contributed by atoms with Gasteiger partial charge in [0.1, 0.15) is 0 Å². The summed E-state index contributed by atoms with van der Waals surface area (Å²) in [6.07, 6.45) is 0.970. The van der Waals surface area contributed by atoms with E-state index in [9.17, 15) is 14.7 Å². The molecule has 5 atom stereocenters. The van der Waals surface area contributed by atoms with Crippen LogP contribution in [0.3, 0.4) is 0 Å². The zero-order chi connectivity index (χ0) is 20.6. The van der Waals surface area contributed by atoms with E-state index in [0.717, 1.165) is 17.5 Å². The lowest BCUT2D eigenvalue weighted by molar-refractivity contribution is -0.303. The van der Waals surface area contributed by atoms with Gasteiger partial charge in [0.25, 0.3) is 0 Å². The first-order valence-corrected chi connectivity index (χ1v) is 10.1. The molecular weight excluding hydrogens is 378 g/mol. The number of piperidine rings is 1. The Morgan fingerprint density at radius 3 is 2.97 bits per heavy atom. The number of rotatable bonds is 3. The van der Waals surface area contributed by atoms with E-state index in [1.807, 2.05) is 18.1 Å². The van der Waals surface area contributed by atoms with Crippen LogP contribution in [0.25, 0.3) is 0 Å². The third kappa shape index (κ3) is 2.27. The maximum atomic E-state index is 13.0. The summed E-state index contributed by atoms with van der Waals surface area (Å²) in [7, 11) is 1.25. The molecule has 2 fully saturated rings. The van der Waals surface area contributed by atoms with Crippen molar-refractivity contribution in [1.82, 2.24) is 5.06 Å². The van der Waals surface area contributed by atoms with Crippen molar-refractivity contribution in [3.63, 3.8) is 0 Å². The fraction of sp³-hybridized carbons (Fsp3) is 0.619. The number of benzene rings is 1. The van der Waals surface area contributed by atoms with Crippen LogP contribution in [0.5, 0.6) is 11.5 Å². The van der Waals surface area contributed by atoms with Gasteiger partial charge in [-0.25, -0.2) is 4.79 Å². The van der Waals surface area contributed by atoms with Crippen LogP contribution in [-0.2, 0) is 30.9 Å². The number of phenols is 1. The first-order chi connectivity index (χ1) is 13.8. The number of hydrogen-bond donors (Lipinski definition) is 1. The molecule has 8 heteroatoms. The first-order valence-electron chi connectivity index (χ1n) is 10.1. The first kappa shape index (κ1) is 18.7.